The Hall–Kier alpha value is -1.30. The van der Waals surface area contributed by atoms with Crippen molar-refractivity contribution in [3.63, 3.8) is 0 Å². The van der Waals surface area contributed by atoms with Gasteiger partial charge in [-0.05, 0) is 43.0 Å². The Kier molecular flexibility index (Phi) is 7.15. The number of aliphatic hydroxyl groups excluding tert-OH is 1. The molecule has 0 aliphatic carbocycles. The molecule has 23 heavy (non-hydrogen) atoms. The quantitative estimate of drug-likeness (QED) is 0.745. The summed E-state index contributed by atoms with van der Waals surface area (Å²) in [6, 6.07) is 6.41. The summed E-state index contributed by atoms with van der Waals surface area (Å²) in [4.78, 5) is 14.4. The number of hydrogen-bond donors (Lipinski definition) is 3. The van der Waals surface area contributed by atoms with Crippen LogP contribution in [-0.2, 0) is 0 Å². The highest BCUT2D eigenvalue weighted by atomic mass is 35.5. The number of halogens is 1. The lowest BCUT2D eigenvalue weighted by Crippen LogP contribution is -2.44. The molecule has 0 bridgehead atoms. The summed E-state index contributed by atoms with van der Waals surface area (Å²) in [5.74, 6) is 0.737. The second-order valence-corrected chi connectivity index (χ2v) is 6.67. The van der Waals surface area contributed by atoms with Gasteiger partial charge in [-0.1, -0.05) is 30.7 Å². The van der Waals surface area contributed by atoms with Gasteiger partial charge in [-0.15, -0.1) is 0 Å². The van der Waals surface area contributed by atoms with Crippen LogP contribution in [0.3, 0.4) is 0 Å². The number of aliphatic hydroxyl groups is 1. The zero-order valence-electron chi connectivity index (χ0n) is 13.6. The van der Waals surface area contributed by atoms with Crippen LogP contribution < -0.4 is 10.6 Å². The van der Waals surface area contributed by atoms with Gasteiger partial charge in [-0.3, -0.25) is 0 Å². The second kappa shape index (κ2) is 9.11. The van der Waals surface area contributed by atoms with Crippen molar-refractivity contribution in [1.29, 1.82) is 0 Å². The van der Waals surface area contributed by atoms with Crippen molar-refractivity contribution in [1.82, 2.24) is 15.5 Å². The monoisotopic (exact) mass is 339 g/mol. The van der Waals surface area contributed by atoms with Crippen LogP contribution in [0.4, 0.5) is 4.79 Å². The first-order valence-corrected chi connectivity index (χ1v) is 8.59. The molecule has 1 fully saturated rings. The molecule has 2 atom stereocenters. The Morgan fingerprint density at radius 2 is 2.17 bits per heavy atom. The fraction of sp³-hybridized carbons (Fsp3) is 0.588. The number of carbonyl (C=O) groups is 1. The SMILES string of the molecule is CC1CCCN(CCNC(=O)NC(CO)c2ccc(Cl)cc2)C1. The Labute approximate surface area is 143 Å². The largest absolute Gasteiger partial charge is 0.394 e. The molecule has 1 aliphatic heterocycles. The van der Waals surface area contributed by atoms with Crippen LogP contribution in [0.5, 0.6) is 0 Å². The number of amides is 2. The fourth-order valence-electron chi connectivity index (χ4n) is 2.96. The van der Waals surface area contributed by atoms with Crippen molar-refractivity contribution >= 4 is 17.6 Å². The van der Waals surface area contributed by atoms with Gasteiger partial charge >= 0.3 is 6.03 Å². The molecule has 5 nitrogen and oxygen atoms in total. The van der Waals surface area contributed by atoms with Gasteiger partial charge in [0.2, 0.25) is 0 Å². The molecule has 1 aromatic carbocycles. The van der Waals surface area contributed by atoms with Gasteiger partial charge < -0.3 is 20.6 Å². The summed E-state index contributed by atoms with van der Waals surface area (Å²) in [6.45, 7) is 5.80. The van der Waals surface area contributed by atoms with Crippen molar-refractivity contribution in [3.05, 3.63) is 34.9 Å². The highest BCUT2D eigenvalue weighted by molar-refractivity contribution is 6.30. The van der Waals surface area contributed by atoms with Gasteiger partial charge in [0, 0.05) is 24.7 Å². The molecule has 1 aromatic rings. The molecular formula is C17H26ClN3O2. The lowest BCUT2D eigenvalue weighted by atomic mass is 10.0. The van der Waals surface area contributed by atoms with E-state index in [-0.39, 0.29) is 12.6 Å². The summed E-state index contributed by atoms with van der Waals surface area (Å²) in [5, 5.41) is 15.8. The molecule has 1 heterocycles. The Morgan fingerprint density at radius 1 is 1.43 bits per heavy atom. The first-order chi connectivity index (χ1) is 11.1. The smallest absolute Gasteiger partial charge is 0.315 e. The number of hydrogen-bond acceptors (Lipinski definition) is 3. The third kappa shape index (κ3) is 6.01. The maximum atomic E-state index is 12.0. The molecule has 0 radical (unpaired) electrons. The van der Waals surface area contributed by atoms with Crippen molar-refractivity contribution in [2.45, 2.75) is 25.8 Å². The van der Waals surface area contributed by atoms with E-state index in [0.717, 1.165) is 31.1 Å². The number of carbonyl (C=O) groups excluding carboxylic acids is 1. The summed E-state index contributed by atoms with van der Waals surface area (Å²) >= 11 is 5.85. The average molecular weight is 340 g/mol. The molecule has 1 saturated heterocycles. The Bertz CT molecular complexity index is 495. The molecule has 2 rings (SSSR count). The highest BCUT2D eigenvalue weighted by Gasteiger charge is 2.17. The van der Waals surface area contributed by atoms with Crippen LogP contribution in [-0.4, -0.2) is 48.8 Å². The molecular weight excluding hydrogens is 314 g/mol. The van der Waals surface area contributed by atoms with Gasteiger partial charge in [-0.2, -0.15) is 0 Å². The molecule has 0 saturated carbocycles. The molecule has 1 aliphatic rings. The molecule has 2 amide bonds. The zero-order valence-corrected chi connectivity index (χ0v) is 14.4. The molecule has 0 aromatic heterocycles. The van der Waals surface area contributed by atoms with Gasteiger partial charge in [-0.25, -0.2) is 4.79 Å². The fourth-order valence-corrected chi connectivity index (χ4v) is 3.08. The predicted octanol–water partition coefficient (Wildman–Crippen LogP) is 2.40. The van der Waals surface area contributed by atoms with E-state index in [2.05, 4.69) is 22.5 Å². The van der Waals surface area contributed by atoms with Crippen molar-refractivity contribution in [2.75, 3.05) is 32.8 Å². The third-order valence-corrected chi connectivity index (χ3v) is 4.47. The van der Waals surface area contributed by atoms with Crippen LogP contribution >= 0.6 is 11.6 Å². The maximum absolute atomic E-state index is 12.0. The minimum absolute atomic E-state index is 0.154. The van der Waals surface area contributed by atoms with E-state index in [9.17, 15) is 9.90 Å². The van der Waals surface area contributed by atoms with Crippen molar-refractivity contribution in [2.24, 2.45) is 5.92 Å². The van der Waals surface area contributed by atoms with Crippen molar-refractivity contribution in [3.8, 4) is 0 Å². The van der Waals surface area contributed by atoms with Crippen LogP contribution in [0.15, 0.2) is 24.3 Å². The lowest BCUT2D eigenvalue weighted by molar-refractivity contribution is 0.182. The number of piperidine rings is 1. The molecule has 0 spiro atoms. The maximum Gasteiger partial charge on any atom is 0.315 e. The van der Waals surface area contributed by atoms with Crippen LogP contribution in [0.2, 0.25) is 5.02 Å². The van der Waals surface area contributed by atoms with Crippen LogP contribution in [0, 0.1) is 5.92 Å². The van der Waals surface area contributed by atoms with Crippen molar-refractivity contribution < 1.29 is 9.90 Å². The second-order valence-electron chi connectivity index (χ2n) is 6.23. The molecule has 6 heteroatoms. The number of rotatable bonds is 6. The molecule has 128 valence electrons. The Balaban J connectivity index is 1.73. The molecule has 3 N–H and O–H groups in total. The van der Waals surface area contributed by atoms with E-state index in [0.29, 0.717) is 11.6 Å². The Morgan fingerprint density at radius 3 is 2.83 bits per heavy atom. The first-order valence-electron chi connectivity index (χ1n) is 8.21. The van der Waals surface area contributed by atoms with E-state index in [1.54, 1.807) is 24.3 Å². The van der Waals surface area contributed by atoms with Gasteiger partial charge in [0.1, 0.15) is 0 Å². The topological polar surface area (TPSA) is 64.6 Å². The minimum atomic E-state index is -0.428. The van der Waals surface area contributed by atoms with Gasteiger partial charge in [0.05, 0.1) is 12.6 Å². The summed E-state index contributed by atoms with van der Waals surface area (Å²) < 4.78 is 0. The number of benzene rings is 1. The summed E-state index contributed by atoms with van der Waals surface area (Å²) in [6.07, 6.45) is 2.53. The van der Waals surface area contributed by atoms with Gasteiger partial charge in [0.15, 0.2) is 0 Å². The van der Waals surface area contributed by atoms with E-state index >= 15 is 0 Å². The number of urea groups is 1. The normalized spacial score (nSPS) is 20.0. The van der Waals surface area contributed by atoms with Gasteiger partial charge in [0.25, 0.3) is 0 Å². The average Bonchev–Trinajstić information content (AvgIpc) is 2.54. The van der Waals surface area contributed by atoms with E-state index in [4.69, 9.17) is 11.6 Å². The lowest BCUT2D eigenvalue weighted by Gasteiger charge is -2.30. The first kappa shape index (κ1) is 18.0. The standard InChI is InChI=1S/C17H26ClN3O2/c1-13-3-2-9-21(11-13)10-8-19-17(23)20-16(12-22)14-4-6-15(18)7-5-14/h4-7,13,16,22H,2-3,8-12H2,1H3,(H2,19,20,23). The minimum Gasteiger partial charge on any atom is -0.394 e. The predicted molar refractivity (Wildman–Crippen MR) is 92.7 cm³/mol. The van der Waals surface area contributed by atoms with E-state index in [1.807, 2.05) is 0 Å². The highest BCUT2D eigenvalue weighted by Crippen LogP contribution is 2.16. The zero-order chi connectivity index (χ0) is 16.7. The summed E-state index contributed by atoms with van der Waals surface area (Å²) in [7, 11) is 0. The number of nitrogens with zero attached hydrogens (tertiary/aromatic N) is 1. The van der Waals surface area contributed by atoms with Crippen LogP contribution in [0.25, 0.3) is 0 Å². The summed E-state index contributed by atoms with van der Waals surface area (Å²) in [5.41, 5.74) is 0.830. The third-order valence-electron chi connectivity index (χ3n) is 4.21. The van der Waals surface area contributed by atoms with E-state index < -0.39 is 6.04 Å². The van der Waals surface area contributed by atoms with E-state index in [1.165, 1.54) is 12.8 Å². The molecule has 2 unspecified atom stereocenters. The van der Waals surface area contributed by atoms with Crippen LogP contribution in [0.1, 0.15) is 31.4 Å². The number of likely N-dealkylation sites (tertiary alicyclic amines) is 1. The number of nitrogens with one attached hydrogen (secondary N) is 2.